The summed E-state index contributed by atoms with van der Waals surface area (Å²) in [5, 5.41) is 6.26. The van der Waals surface area contributed by atoms with Crippen molar-refractivity contribution < 1.29 is 9.32 Å². The average molecular weight is 262 g/mol. The predicted molar refractivity (Wildman–Crippen MR) is 66.8 cm³/mol. The zero-order valence-electron chi connectivity index (χ0n) is 10.7. The van der Waals surface area contributed by atoms with Gasteiger partial charge in [0.05, 0.1) is 6.33 Å². The Labute approximate surface area is 109 Å². The summed E-state index contributed by atoms with van der Waals surface area (Å²) in [5.74, 6) is 0.245. The summed E-state index contributed by atoms with van der Waals surface area (Å²) >= 11 is 0. The fourth-order valence-corrected chi connectivity index (χ4v) is 1.54. The van der Waals surface area contributed by atoms with Crippen molar-refractivity contribution in [1.82, 2.24) is 20.0 Å². The van der Waals surface area contributed by atoms with E-state index in [-0.39, 0.29) is 17.2 Å². The lowest BCUT2D eigenvalue weighted by atomic mass is 10.3. The van der Waals surface area contributed by atoms with E-state index >= 15 is 0 Å². The van der Waals surface area contributed by atoms with E-state index in [1.165, 1.54) is 17.0 Å². The molecule has 0 radical (unpaired) electrons. The number of aryl methyl sites for hydroxylation is 2. The maximum Gasteiger partial charge on any atom is 0.273 e. The normalized spacial score (nSPS) is 10.4. The van der Waals surface area contributed by atoms with E-state index in [0.29, 0.717) is 24.5 Å². The van der Waals surface area contributed by atoms with Crippen LogP contribution in [0.4, 0.5) is 0 Å². The summed E-state index contributed by atoms with van der Waals surface area (Å²) in [5.41, 5.74) is 0.759. The number of nitrogens with zero attached hydrogens (tertiary/aromatic N) is 3. The van der Waals surface area contributed by atoms with Crippen LogP contribution in [-0.4, -0.2) is 27.2 Å². The van der Waals surface area contributed by atoms with Crippen molar-refractivity contribution in [2.75, 3.05) is 6.54 Å². The van der Waals surface area contributed by atoms with Gasteiger partial charge in [-0.25, -0.2) is 4.98 Å². The number of aromatic nitrogens is 3. The van der Waals surface area contributed by atoms with Gasteiger partial charge in [0, 0.05) is 30.9 Å². The van der Waals surface area contributed by atoms with Crippen LogP contribution in [0, 0.1) is 13.8 Å². The highest BCUT2D eigenvalue weighted by Gasteiger charge is 2.09. The van der Waals surface area contributed by atoms with Gasteiger partial charge in [0.25, 0.3) is 11.5 Å². The summed E-state index contributed by atoms with van der Waals surface area (Å²) in [6, 6.07) is 3.00. The van der Waals surface area contributed by atoms with E-state index in [1.54, 1.807) is 19.9 Å². The maximum atomic E-state index is 11.7. The minimum absolute atomic E-state index is 0.140. The molecule has 0 saturated carbocycles. The van der Waals surface area contributed by atoms with Crippen LogP contribution in [0.1, 0.15) is 21.9 Å². The topological polar surface area (TPSA) is 90.0 Å². The number of rotatable bonds is 4. The molecule has 0 aromatic carbocycles. The molecule has 0 fully saturated rings. The second-order valence-electron chi connectivity index (χ2n) is 4.14. The van der Waals surface area contributed by atoms with E-state index < -0.39 is 0 Å². The van der Waals surface area contributed by atoms with E-state index in [4.69, 9.17) is 4.52 Å². The number of hydrogen-bond acceptors (Lipinski definition) is 5. The fraction of sp³-hybridized carbons (Fsp3) is 0.333. The van der Waals surface area contributed by atoms with Crippen LogP contribution in [0.15, 0.2) is 27.8 Å². The summed E-state index contributed by atoms with van der Waals surface area (Å²) in [7, 11) is 0. The minimum Gasteiger partial charge on any atom is -0.361 e. The predicted octanol–water partition coefficient (Wildman–Crippen LogP) is 0.278. The van der Waals surface area contributed by atoms with Gasteiger partial charge < -0.3 is 9.84 Å². The van der Waals surface area contributed by atoms with Gasteiger partial charge in [0.2, 0.25) is 0 Å². The first-order valence-corrected chi connectivity index (χ1v) is 5.81. The molecule has 0 aliphatic rings. The van der Waals surface area contributed by atoms with Gasteiger partial charge in [-0.2, -0.15) is 0 Å². The number of carbonyl (C=O) groups excluding carboxylic acids is 1. The number of carbonyl (C=O) groups is 1. The van der Waals surface area contributed by atoms with Crippen LogP contribution in [0.25, 0.3) is 0 Å². The molecular formula is C12H14N4O3. The maximum absolute atomic E-state index is 11.7. The first-order chi connectivity index (χ1) is 9.06. The molecule has 0 saturated heterocycles. The Kier molecular flexibility index (Phi) is 3.74. The van der Waals surface area contributed by atoms with Gasteiger partial charge in [0.15, 0.2) is 5.69 Å². The number of hydrogen-bond donors (Lipinski definition) is 1. The number of amides is 1. The molecule has 2 aromatic rings. The van der Waals surface area contributed by atoms with Crippen molar-refractivity contribution >= 4 is 5.91 Å². The third-order valence-electron chi connectivity index (χ3n) is 2.52. The highest BCUT2D eigenvalue weighted by atomic mass is 16.5. The Morgan fingerprint density at radius 3 is 2.84 bits per heavy atom. The third-order valence-corrected chi connectivity index (χ3v) is 2.52. The molecule has 100 valence electrons. The van der Waals surface area contributed by atoms with Crippen LogP contribution >= 0.6 is 0 Å². The highest BCUT2D eigenvalue weighted by molar-refractivity contribution is 5.92. The summed E-state index contributed by atoms with van der Waals surface area (Å²) in [4.78, 5) is 27.2. The van der Waals surface area contributed by atoms with Crippen LogP contribution in [0.2, 0.25) is 0 Å². The Hall–Kier alpha value is -2.44. The molecule has 0 spiro atoms. The lowest BCUT2D eigenvalue weighted by Gasteiger charge is -2.05. The van der Waals surface area contributed by atoms with Crippen molar-refractivity contribution in [3.8, 4) is 0 Å². The van der Waals surface area contributed by atoms with Gasteiger partial charge in [-0.05, 0) is 13.8 Å². The van der Waals surface area contributed by atoms with Crippen molar-refractivity contribution in [3.05, 3.63) is 46.0 Å². The summed E-state index contributed by atoms with van der Waals surface area (Å²) < 4.78 is 6.24. The van der Waals surface area contributed by atoms with Gasteiger partial charge in [-0.3, -0.25) is 14.2 Å². The van der Waals surface area contributed by atoms with E-state index in [1.807, 2.05) is 0 Å². The largest absolute Gasteiger partial charge is 0.361 e. The lowest BCUT2D eigenvalue weighted by Crippen LogP contribution is -2.31. The molecule has 0 bridgehead atoms. The lowest BCUT2D eigenvalue weighted by molar-refractivity contribution is 0.0943. The SMILES string of the molecule is Cc1cc(=O)n(CCNC(=O)c2cc(C)on2)cn1. The van der Waals surface area contributed by atoms with E-state index in [2.05, 4.69) is 15.5 Å². The van der Waals surface area contributed by atoms with Crippen LogP contribution in [-0.2, 0) is 6.54 Å². The van der Waals surface area contributed by atoms with Crippen molar-refractivity contribution in [2.45, 2.75) is 20.4 Å². The molecule has 1 amide bonds. The summed E-state index contributed by atoms with van der Waals surface area (Å²) in [6.07, 6.45) is 1.46. The molecule has 0 atom stereocenters. The standard InChI is InChI=1S/C12H14N4O3/c1-8-5-11(17)16(7-14-8)4-3-13-12(18)10-6-9(2)19-15-10/h5-7H,3-4H2,1-2H3,(H,13,18). The monoisotopic (exact) mass is 262 g/mol. The molecule has 7 heteroatoms. The van der Waals surface area contributed by atoms with Gasteiger partial charge in [0.1, 0.15) is 5.76 Å². The number of nitrogens with one attached hydrogen (secondary N) is 1. The average Bonchev–Trinajstić information content (AvgIpc) is 2.78. The minimum atomic E-state index is -0.329. The van der Waals surface area contributed by atoms with Crippen LogP contribution < -0.4 is 10.9 Å². The second-order valence-corrected chi connectivity index (χ2v) is 4.14. The molecule has 2 rings (SSSR count). The molecule has 7 nitrogen and oxygen atoms in total. The smallest absolute Gasteiger partial charge is 0.273 e. The zero-order valence-corrected chi connectivity index (χ0v) is 10.7. The molecule has 19 heavy (non-hydrogen) atoms. The Bertz CT molecular complexity index is 644. The molecule has 0 aliphatic heterocycles. The Morgan fingerprint density at radius 2 is 2.21 bits per heavy atom. The van der Waals surface area contributed by atoms with Crippen molar-refractivity contribution in [3.63, 3.8) is 0 Å². The van der Waals surface area contributed by atoms with Crippen molar-refractivity contribution in [2.24, 2.45) is 0 Å². The Balaban J connectivity index is 1.90. The molecule has 0 unspecified atom stereocenters. The fourth-order valence-electron chi connectivity index (χ4n) is 1.54. The quantitative estimate of drug-likeness (QED) is 0.854. The van der Waals surface area contributed by atoms with Gasteiger partial charge in [-0.1, -0.05) is 5.16 Å². The molecule has 2 aromatic heterocycles. The van der Waals surface area contributed by atoms with Crippen LogP contribution in [0.3, 0.4) is 0 Å². The zero-order chi connectivity index (χ0) is 13.8. The van der Waals surface area contributed by atoms with Gasteiger partial charge in [-0.15, -0.1) is 0 Å². The first kappa shape index (κ1) is 13.0. The Morgan fingerprint density at radius 1 is 1.42 bits per heavy atom. The highest BCUT2D eigenvalue weighted by Crippen LogP contribution is 2.00. The van der Waals surface area contributed by atoms with Crippen molar-refractivity contribution in [1.29, 1.82) is 0 Å². The third kappa shape index (κ3) is 3.27. The van der Waals surface area contributed by atoms with Crippen LogP contribution in [0.5, 0.6) is 0 Å². The molecule has 2 heterocycles. The first-order valence-electron chi connectivity index (χ1n) is 5.81. The van der Waals surface area contributed by atoms with E-state index in [9.17, 15) is 9.59 Å². The summed E-state index contributed by atoms with van der Waals surface area (Å²) in [6.45, 7) is 4.13. The second kappa shape index (κ2) is 5.47. The molecule has 0 aliphatic carbocycles. The van der Waals surface area contributed by atoms with Gasteiger partial charge >= 0.3 is 0 Å². The molecular weight excluding hydrogens is 248 g/mol. The molecule has 1 N–H and O–H groups in total. The van der Waals surface area contributed by atoms with E-state index in [0.717, 1.165) is 0 Å².